The molecule has 5 rings (SSSR count). The van der Waals surface area contributed by atoms with E-state index < -0.39 is 11.4 Å². The highest BCUT2D eigenvalue weighted by Gasteiger charge is 2.38. The average Bonchev–Trinajstić information content (AvgIpc) is 2.98. The minimum Gasteiger partial charge on any atom is -0.489 e. The number of para-hydroxylation sites is 1. The lowest BCUT2D eigenvalue weighted by atomic mass is 9.83. The van der Waals surface area contributed by atoms with Gasteiger partial charge in [0.2, 0.25) is 5.91 Å². The molecule has 2 aromatic heterocycles. The third kappa shape index (κ3) is 6.62. The predicted octanol–water partition coefficient (Wildman–Crippen LogP) is 4.18. The fourth-order valence-electron chi connectivity index (χ4n) is 5.27. The van der Waals surface area contributed by atoms with Crippen LogP contribution in [0.25, 0.3) is 10.9 Å². The zero-order chi connectivity index (χ0) is 28.0. The maximum atomic E-state index is 13.3. The van der Waals surface area contributed by atoms with Crippen molar-refractivity contribution in [1.82, 2.24) is 25.7 Å². The first kappa shape index (κ1) is 27.2. The summed E-state index contributed by atoms with van der Waals surface area (Å²) in [4.78, 5) is 36.4. The van der Waals surface area contributed by atoms with Crippen LogP contribution in [0.1, 0.15) is 46.4 Å². The Hall–Kier alpha value is -4.34. The van der Waals surface area contributed by atoms with Crippen molar-refractivity contribution in [2.75, 3.05) is 13.1 Å². The van der Waals surface area contributed by atoms with Crippen LogP contribution in [-0.2, 0) is 17.9 Å². The molecule has 0 aliphatic carbocycles. The Bertz CT molecular complexity index is 1470. The number of hydroxylamine groups is 1. The standard InChI is InChI=1S/C31H33N5O4/c1-22-18-25(27-4-2-3-5-28(27)33-22)21-40-26-8-6-24(7-9-26)30(38)34-31(19-29(37)35-39)12-16-36(17-13-31)20-23-10-14-32-15-11-23/h2-11,14-15,18,39H,12-13,16-17,19-21H2,1H3,(H,34,38)(H,35,37). The second-order valence-corrected chi connectivity index (χ2v) is 10.3. The molecule has 1 saturated heterocycles. The van der Waals surface area contributed by atoms with E-state index in [9.17, 15) is 9.59 Å². The van der Waals surface area contributed by atoms with Crippen molar-refractivity contribution in [2.24, 2.45) is 0 Å². The Labute approximate surface area is 233 Å². The van der Waals surface area contributed by atoms with Gasteiger partial charge < -0.3 is 10.1 Å². The summed E-state index contributed by atoms with van der Waals surface area (Å²) in [6.45, 7) is 4.53. The predicted molar refractivity (Wildman–Crippen MR) is 151 cm³/mol. The van der Waals surface area contributed by atoms with Gasteiger partial charge in [-0.15, -0.1) is 0 Å². The van der Waals surface area contributed by atoms with Gasteiger partial charge in [0.25, 0.3) is 5.91 Å². The number of benzene rings is 2. The molecule has 9 heteroatoms. The third-order valence-electron chi connectivity index (χ3n) is 7.41. The summed E-state index contributed by atoms with van der Waals surface area (Å²) in [6.07, 6.45) is 4.70. The van der Waals surface area contributed by atoms with E-state index in [4.69, 9.17) is 9.94 Å². The van der Waals surface area contributed by atoms with Gasteiger partial charge in [0.15, 0.2) is 0 Å². The third-order valence-corrected chi connectivity index (χ3v) is 7.41. The van der Waals surface area contributed by atoms with Crippen LogP contribution in [0.5, 0.6) is 5.75 Å². The quantitative estimate of drug-likeness (QED) is 0.216. The molecule has 0 radical (unpaired) electrons. The number of aromatic nitrogens is 2. The molecule has 0 saturated carbocycles. The molecule has 9 nitrogen and oxygen atoms in total. The molecule has 2 aromatic carbocycles. The monoisotopic (exact) mass is 539 g/mol. The van der Waals surface area contributed by atoms with Crippen molar-refractivity contribution in [3.63, 3.8) is 0 Å². The zero-order valence-electron chi connectivity index (χ0n) is 22.5. The number of fused-ring (bicyclic) bond motifs is 1. The summed E-state index contributed by atoms with van der Waals surface area (Å²) >= 11 is 0. The molecule has 0 bridgehead atoms. The number of nitrogens with zero attached hydrogens (tertiary/aromatic N) is 3. The van der Waals surface area contributed by atoms with E-state index in [1.165, 1.54) is 0 Å². The first-order valence-electron chi connectivity index (χ1n) is 13.4. The summed E-state index contributed by atoms with van der Waals surface area (Å²) in [5.74, 6) is -0.144. The van der Waals surface area contributed by atoms with Crippen molar-refractivity contribution in [1.29, 1.82) is 0 Å². The molecular formula is C31H33N5O4. The maximum Gasteiger partial charge on any atom is 0.251 e. The van der Waals surface area contributed by atoms with Gasteiger partial charge in [-0.25, -0.2) is 5.48 Å². The van der Waals surface area contributed by atoms with Crippen molar-refractivity contribution >= 4 is 22.7 Å². The summed E-state index contributed by atoms with van der Waals surface area (Å²) < 4.78 is 6.04. The molecule has 1 aliphatic heterocycles. The normalized spacial score (nSPS) is 14.9. The van der Waals surface area contributed by atoms with Gasteiger partial charge in [-0.05, 0) is 73.9 Å². The van der Waals surface area contributed by atoms with Gasteiger partial charge in [-0.3, -0.25) is 29.7 Å². The van der Waals surface area contributed by atoms with Gasteiger partial charge in [-0.1, -0.05) is 18.2 Å². The molecule has 0 spiro atoms. The molecule has 2 amide bonds. The van der Waals surface area contributed by atoms with Gasteiger partial charge in [0.05, 0.1) is 17.5 Å². The lowest BCUT2D eigenvalue weighted by molar-refractivity contribution is -0.131. The Morgan fingerprint density at radius 3 is 2.48 bits per heavy atom. The van der Waals surface area contributed by atoms with E-state index in [1.54, 1.807) is 42.1 Å². The minimum atomic E-state index is -0.756. The summed E-state index contributed by atoms with van der Waals surface area (Å²) in [5.41, 5.74) is 5.50. The number of carbonyl (C=O) groups is 2. The van der Waals surface area contributed by atoms with Crippen molar-refractivity contribution in [3.8, 4) is 5.75 Å². The molecule has 206 valence electrons. The van der Waals surface area contributed by atoms with Crippen LogP contribution < -0.4 is 15.5 Å². The molecule has 1 aliphatic rings. The number of amides is 2. The van der Waals surface area contributed by atoms with E-state index in [0.29, 0.717) is 43.9 Å². The van der Waals surface area contributed by atoms with Crippen molar-refractivity contribution in [3.05, 3.63) is 102 Å². The lowest BCUT2D eigenvalue weighted by Gasteiger charge is -2.42. The highest BCUT2D eigenvalue weighted by atomic mass is 16.5. The number of carbonyl (C=O) groups excluding carboxylic acids is 2. The largest absolute Gasteiger partial charge is 0.489 e. The van der Waals surface area contributed by atoms with Crippen LogP contribution in [0.3, 0.4) is 0 Å². The summed E-state index contributed by atoms with van der Waals surface area (Å²) in [6, 6.07) is 20.9. The van der Waals surface area contributed by atoms with Crippen LogP contribution >= 0.6 is 0 Å². The molecule has 3 N–H and O–H groups in total. The van der Waals surface area contributed by atoms with E-state index in [2.05, 4.69) is 20.2 Å². The number of ether oxygens (including phenoxy) is 1. The van der Waals surface area contributed by atoms with Crippen molar-refractivity contribution < 1.29 is 19.5 Å². The number of pyridine rings is 2. The fraction of sp³-hybridized carbons (Fsp3) is 0.290. The molecular weight excluding hydrogens is 506 g/mol. The molecule has 0 atom stereocenters. The molecule has 3 heterocycles. The van der Waals surface area contributed by atoms with E-state index >= 15 is 0 Å². The average molecular weight is 540 g/mol. The fourth-order valence-corrected chi connectivity index (χ4v) is 5.27. The second-order valence-electron chi connectivity index (χ2n) is 10.3. The van der Waals surface area contributed by atoms with Crippen LogP contribution in [0.4, 0.5) is 0 Å². The smallest absolute Gasteiger partial charge is 0.251 e. The summed E-state index contributed by atoms with van der Waals surface area (Å²) in [5, 5.41) is 13.3. The molecule has 1 fully saturated rings. The van der Waals surface area contributed by atoms with Crippen LogP contribution in [0, 0.1) is 6.92 Å². The van der Waals surface area contributed by atoms with Gasteiger partial charge >= 0.3 is 0 Å². The van der Waals surface area contributed by atoms with E-state index in [-0.39, 0.29) is 12.3 Å². The number of rotatable bonds is 9. The number of hydrogen-bond donors (Lipinski definition) is 3. The number of piperidine rings is 1. The Morgan fingerprint density at radius 2 is 1.75 bits per heavy atom. The Kier molecular flexibility index (Phi) is 8.33. The minimum absolute atomic E-state index is 0.00115. The lowest BCUT2D eigenvalue weighted by Crippen LogP contribution is -2.57. The first-order valence-corrected chi connectivity index (χ1v) is 13.4. The number of nitrogens with one attached hydrogen (secondary N) is 2. The number of aryl methyl sites for hydroxylation is 1. The topological polar surface area (TPSA) is 117 Å². The maximum absolute atomic E-state index is 13.3. The zero-order valence-corrected chi connectivity index (χ0v) is 22.5. The first-order chi connectivity index (χ1) is 19.4. The van der Waals surface area contributed by atoms with Gasteiger partial charge in [-0.2, -0.15) is 0 Å². The Balaban J connectivity index is 1.22. The Morgan fingerprint density at radius 1 is 1.02 bits per heavy atom. The van der Waals surface area contributed by atoms with Crippen molar-refractivity contribution in [2.45, 2.75) is 44.9 Å². The second kappa shape index (κ2) is 12.2. The number of hydrogen-bond acceptors (Lipinski definition) is 7. The SMILES string of the molecule is Cc1cc(COc2ccc(C(=O)NC3(CC(=O)NO)CCN(Cc4ccncc4)CC3)cc2)c2ccccc2n1. The van der Waals surface area contributed by atoms with Gasteiger partial charge in [0, 0.05) is 54.2 Å². The van der Waals surface area contributed by atoms with Gasteiger partial charge in [0.1, 0.15) is 12.4 Å². The molecule has 0 unspecified atom stereocenters. The van der Waals surface area contributed by atoms with Crippen LogP contribution in [0.15, 0.2) is 79.1 Å². The highest BCUT2D eigenvalue weighted by Crippen LogP contribution is 2.28. The summed E-state index contributed by atoms with van der Waals surface area (Å²) in [7, 11) is 0. The highest BCUT2D eigenvalue weighted by molar-refractivity contribution is 5.95. The van der Waals surface area contributed by atoms with Crippen LogP contribution in [-0.4, -0.2) is 50.5 Å². The number of likely N-dealkylation sites (tertiary alicyclic amines) is 1. The van der Waals surface area contributed by atoms with E-state index in [1.807, 2.05) is 49.4 Å². The molecule has 40 heavy (non-hydrogen) atoms. The van der Waals surface area contributed by atoms with Crippen LogP contribution in [0.2, 0.25) is 0 Å². The van der Waals surface area contributed by atoms with E-state index in [0.717, 1.165) is 34.3 Å². The molecule has 4 aromatic rings.